The summed E-state index contributed by atoms with van der Waals surface area (Å²) in [4.78, 5) is 30.7. The number of nitrogens with one attached hydrogen (secondary N) is 1. The van der Waals surface area contributed by atoms with Gasteiger partial charge in [-0.25, -0.2) is 4.98 Å². The molecule has 1 aliphatic heterocycles. The van der Waals surface area contributed by atoms with Gasteiger partial charge in [0.25, 0.3) is 5.56 Å². The fourth-order valence-corrected chi connectivity index (χ4v) is 3.67. The van der Waals surface area contributed by atoms with Gasteiger partial charge in [0.05, 0.1) is 18.0 Å². The molecule has 1 aliphatic rings. The second-order valence-corrected chi connectivity index (χ2v) is 7.60. The van der Waals surface area contributed by atoms with E-state index in [-0.39, 0.29) is 24.8 Å². The van der Waals surface area contributed by atoms with Crippen molar-refractivity contribution in [3.05, 3.63) is 88.5 Å². The van der Waals surface area contributed by atoms with Crippen LogP contribution in [0, 0.1) is 0 Å². The van der Waals surface area contributed by atoms with Crippen LogP contribution in [0.4, 0.5) is 5.69 Å². The Morgan fingerprint density at radius 3 is 2.68 bits per heavy atom. The van der Waals surface area contributed by atoms with E-state index in [1.807, 2.05) is 30.3 Å². The standard InChI is InChI=1S/C26H21N3O5/c1-32-19-10-8-18(9-11-19)27-25(30)15-29-24(28-21-5-3-2-4-20(21)26(29)31)13-7-17-6-12-22-23(14-17)34-16-33-22/h2-14H,15-16H2,1H3,(H,27,30)/b13-7+. The molecule has 0 saturated heterocycles. The van der Waals surface area contributed by atoms with E-state index in [0.717, 1.165) is 5.56 Å². The van der Waals surface area contributed by atoms with Crippen LogP contribution in [-0.4, -0.2) is 29.4 Å². The molecule has 0 bridgehead atoms. The first-order valence-corrected chi connectivity index (χ1v) is 10.6. The molecule has 0 spiro atoms. The lowest BCUT2D eigenvalue weighted by atomic mass is 10.2. The number of anilines is 1. The van der Waals surface area contributed by atoms with E-state index in [9.17, 15) is 9.59 Å². The van der Waals surface area contributed by atoms with E-state index in [2.05, 4.69) is 10.3 Å². The second kappa shape index (κ2) is 9.11. The van der Waals surface area contributed by atoms with Crippen molar-refractivity contribution in [1.82, 2.24) is 9.55 Å². The molecule has 0 unspecified atom stereocenters. The third-order valence-electron chi connectivity index (χ3n) is 5.39. The molecule has 4 aromatic rings. The van der Waals surface area contributed by atoms with Gasteiger partial charge >= 0.3 is 0 Å². The van der Waals surface area contributed by atoms with Crippen LogP contribution in [0.5, 0.6) is 17.2 Å². The van der Waals surface area contributed by atoms with Crippen LogP contribution in [-0.2, 0) is 11.3 Å². The van der Waals surface area contributed by atoms with E-state index in [1.54, 1.807) is 55.7 Å². The van der Waals surface area contributed by atoms with Crippen molar-refractivity contribution in [3.8, 4) is 17.2 Å². The van der Waals surface area contributed by atoms with E-state index < -0.39 is 0 Å². The number of benzene rings is 3. The van der Waals surface area contributed by atoms with E-state index >= 15 is 0 Å². The van der Waals surface area contributed by atoms with Crippen molar-refractivity contribution >= 4 is 34.6 Å². The zero-order valence-electron chi connectivity index (χ0n) is 18.4. The van der Waals surface area contributed by atoms with Crippen molar-refractivity contribution in [2.24, 2.45) is 0 Å². The SMILES string of the molecule is COc1ccc(NC(=O)Cn2c(/C=C/c3ccc4c(c3)OCO4)nc3ccccc3c2=O)cc1. The van der Waals surface area contributed by atoms with Gasteiger partial charge < -0.3 is 19.5 Å². The van der Waals surface area contributed by atoms with Gasteiger partial charge in [-0.2, -0.15) is 0 Å². The average Bonchev–Trinajstić information content (AvgIpc) is 3.33. The third-order valence-corrected chi connectivity index (χ3v) is 5.39. The van der Waals surface area contributed by atoms with Gasteiger partial charge in [-0.3, -0.25) is 14.2 Å². The van der Waals surface area contributed by atoms with Gasteiger partial charge in [-0.05, 0) is 60.2 Å². The Bertz CT molecular complexity index is 1460. The molecule has 0 radical (unpaired) electrons. The largest absolute Gasteiger partial charge is 0.497 e. The summed E-state index contributed by atoms with van der Waals surface area (Å²) in [6.07, 6.45) is 3.53. The van der Waals surface area contributed by atoms with Crippen molar-refractivity contribution in [1.29, 1.82) is 0 Å². The molecule has 5 rings (SSSR count). The first-order valence-electron chi connectivity index (χ1n) is 10.6. The Hall–Kier alpha value is -4.59. The normalized spacial score (nSPS) is 12.3. The molecule has 0 atom stereocenters. The number of amides is 1. The number of nitrogens with zero attached hydrogens (tertiary/aromatic N) is 2. The highest BCUT2D eigenvalue weighted by molar-refractivity contribution is 5.91. The maximum atomic E-state index is 13.2. The van der Waals surface area contributed by atoms with E-state index in [1.165, 1.54) is 4.57 Å². The number of aromatic nitrogens is 2. The minimum Gasteiger partial charge on any atom is -0.497 e. The summed E-state index contributed by atoms with van der Waals surface area (Å²) in [5.74, 6) is 2.05. The molecule has 0 aliphatic carbocycles. The number of methoxy groups -OCH3 is 1. The summed E-state index contributed by atoms with van der Waals surface area (Å²) in [5, 5.41) is 3.25. The summed E-state index contributed by atoms with van der Waals surface area (Å²) in [7, 11) is 1.57. The highest BCUT2D eigenvalue weighted by atomic mass is 16.7. The van der Waals surface area contributed by atoms with Gasteiger partial charge in [-0.15, -0.1) is 0 Å². The number of fused-ring (bicyclic) bond motifs is 2. The number of hydrogen-bond acceptors (Lipinski definition) is 6. The molecule has 3 aromatic carbocycles. The molecule has 1 N–H and O–H groups in total. The summed E-state index contributed by atoms with van der Waals surface area (Å²) >= 11 is 0. The summed E-state index contributed by atoms with van der Waals surface area (Å²) < 4.78 is 17.3. The molecular weight excluding hydrogens is 434 g/mol. The molecule has 8 heteroatoms. The van der Waals surface area contributed by atoms with Crippen LogP contribution in [0.3, 0.4) is 0 Å². The number of para-hydroxylation sites is 1. The highest BCUT2D eigenvalue weighted by Gasteiger charge is 2.14. The monoisotopic (exact) mass is 455 g/mol. The molecule has 34 heavy (non-hydrogen) atoms. The first-order chi connectivity index (χ1) is 16.6. The lowest BCUT2D eigenvalue weighted by molar-refractivity contribution is -0.116. The molecule has 1 amide bonds. The smallest absolute Gasteiger partial charge is 0.262 e. The molecule has 0 saturated carbocycles. The van der Waals surface area contributed by atoms with Gasteiger partial charge in [0.1, 0.15) is 18.1 Å². The average molecular weight is 455 g/mol. The number of rotatable bonds is 6. The van der Waals surface area contributed by atoms with Crippen molar-refractivity contribution in [2.75, 3.05) is 19.2 Å². The van der Waals surface area contributed by atoms with Crippen LogP contribution >= 0.6 is 0 Å². The summed E-state index contributed by atoms with van der Waals surface area (Å²) in [6.45, 7) is 0.00108. The molecule has 0 fully saturated rings. The van der Waals surface area contributed by atoms with E-state index in [0.29, 0.717) is 39.7 Å². The minimum absolute atomic E-state index is 0.191. The molecule has 1 aromatic heterocycles. The predicted molar refractivity (Wildman–Crippen MR) is 129 cm³/mol. The fourth-order valence-electron chi connectivity index (χ4n) is 3.67. The van der Waals surface area contributed by atoms with Crippen molar-refractivity contribution in [3.63, 3.8) is 0 Å². The number of carbonyl (C=O) groups is 1. The Kier molecular flexibility index (Phi) is 5.70. The van der Waals surface area contributed by atoms with Gasteiger partial charge in [-0.1, -0.05) is 24.3 Å². The van der Waals surface area contributed by atoms with Gasteiger partial charge in [0.2, 0.25) is 12.7 Å². The molecular formula is C26H21N3O5. The van der Waals surface area contributed by atoms with Crippen LogP contribution in [0.2, 0.25) is 0 Å². The lowest BCUT2D eigenvalue weighted by Crippen LogP contribution is -2.30. The maximum Gasteiger partial charge on any atom is 0.262 e. The Morgan fingerprint density at radius 1 is 1.06 bits per heavy atom. The summed E-state index contributed by atoms with van der Waals surface area (Å²) in [6, 6.07) is 19.6. The zero-order valence-corrected chi connectivity index (χ0v) is 18.4. The predicted octanol–water partition coefficient (Wildman–Crippen LogP) is 3.94. The van der Waals surface area contributed by atoms with Crippen LogP contribution in [0.25, 0.3) is 23.1 Å². The fraction of sp³-hybridized carbons (Fsp3) is 0.115. The molecule has 8 nitrogen and oxygen atoms in total. The zero-order chi connectivity index (χ0) is 23.5. The third kappa shape index (κ3) is 4.33. The van der Waals surface area contributed by atoms with E-state index in [4.69, 9.17) is 14.2 Å². The lowest BCUT2D eigenvalue weighted by Gasteiger charge is -2.12. The highest BCUT2D eigenvalue weighted by Crippen LogP contribution is 2.33. The summed E-state index contributed by atoms with van der Waals surface area (Å²) in [5.41, 5.74) is 1.72. The first kappa shape index (κ1) is 21.3. The van der Waals surface area contributed by atoms with Crippen molar-refractivity contribution < 1.29 is 19.0 Å². The number of ether oxygens (including phenoxy) is 3. The van der Waals surface area contributed by atoms with Gasteiger partial charge in [0, 0.05) is 5.69 Å². The van der Waals surface area contributed by atoms with Crippen LogP contribution < -0.4 is 25.1 Å². The molecule has 170 valence electrons. The Morgan fingerprint density at radius 2 is 1.85 bits per heavy atom. The Balaban J connectivity index is 1.46. The van der Waals surface area contributed by atoms with Crippen molar-refractivity contribution in [2.45, 2.75) is 6.54 Å². The molecule has 2 heterocycles. The van der Waals surface area contributed by atoms with Crippen LogP contribution in [0.1, 0.15) is 11.4 Å². The van der Waals surface area contributed by atoms with Crippen LogP contribution in [0.15, 0.2) is 71.5 Å². The number of hydrogen-bond donors (Lipinski definition) is 1. The quantitative estimate of drug-likeness (QED) is 0.474. The second-order valence-electron chi connectivity index (χ2n) is 7.60. The van der Waals surface area contributed by atoms with Gasteiger partial charge in [0.15, 0.2) is 11.5 Å². The maximum absolute atomic E-state index is 13.2. The Labute approximate surface area is 195 Å². The minimum atomic E-state index is -0.345. The topological polar surface area (TPSA) is 91.7 Å². The number of carbonyl (C=O) groups excluding carboxylic acids is 1.